The SMILES string of the molecule is Cc1ccc(OC(F)F)c(C(=O)CSc2nnc(-c3ccco3)n2C)c1. The lowest BCUT2D eigenvalue weighted by atomic mass is 10.1. The number of halogens is 2. The maximum absolute atomic E-state index is 12.5. The van der Waals surface area contributed by atoms with Crippen molar-refractivity contribution in [3.63, 3.8) is 0 Å². The number of carbonyl (C=O) groups is 1. The zero-order valence-electron chi connectivity index (χ0n) is 14.0. The number of hydrogen-bond acceptors (Lipinski definition) is 6. The van der Waals surface area contributed by atoms with E-state index in [1.54, 1.807) is 36.7 Å². The highest BCUT2D eigenvalue weighted by molar-refractivity contribution is 7.99. The van der Waals surface area contributed by atoms with E-state index in [-0.39, 0.29) is 22.8 Å². The first-order valence-electron chi connectivity index (χ1n) is 7.60. The molecule has 1 aromatic carbocycles. The van der Waals surface area contributed by atoms with Crippen LogP contribution in [0.25, 0.3) is 11.6 Å². The summed E-state index contributed by atoms with van der Waals surface area (Å²) in [6.45, 7) is -1.22. The second-order valence-corrected chi connectivity index (χ2v) is 6.37. The Hall–Kier alpha value is -2.68. The van der Waals surface area contributed by atoms with E-state index in [0.717, 1.165) is 17.3 Å². The van der Waals surface area contributed by atoms with Crippen molar-refractivity contribution in [2.24, 2.45) is 7.05 Å². The molecule has 0 saturated heterocycles. The van der Waals surface area contributed by atoms with Gasteiger partial charge in [0, 0.05) is 7.05 Å². The van der Waals surface area contributed by atoms with Gasteiger partial charge in [0.2, 0.25) is 0 Å². The van der Waals surface area contributed by atoms with Gasteiger partial charge in [0.15, 0.2) is 22.5 Å². The van der Waals surface area contributed by atoms with Gasteiger partial charge in [-0.15, -0.1) is 10.2 Å². The number of thioether (sulfide) groups is 1. The fourth-order valence-corrected chi connectivity index (χ4v) is 3.12. The summed E-state index contributed by atoms with van der Waals surface area (Å²) in [4.78, 5) is 12.5. The van der Waals surface area contributed by atoms with Gasteiger partial charge >= 0.3 is 6.61 Å². The Morgan fingerprint density at radius 1 is 1.35 bits per heavy atom. The normalized spacial score (nSPS) is 11.1. The molecule has 0 amide bonds. The molecule has 0 N–H and O–H groups in total. The van der Waals surface area contributed by atoms with Crippen LogP contribution in [-0.2, 0) is 7.05 Å². The molecule has 2 heterocycles. The van der Waals surface area contributed by atoms with E-state index < -0.39 is 6.61 Å². The summed E-state index contributed by atoms with van der Waals surface area (Å²) >= 11 is 1.16. The van der Waals surface area contributed by atoms with Crippen LogP contribution in [0, 0.1) is 6.92 Å². The van der Waals surface area contributed by atoms with Crippen LogP contribution < -0.4 is 4.74 Å². The Balaban J connectivity index is 1.75. The Kier molecular flexibility index (Phi) is 5.36. The molecule has 0 bridgehead atoms. The van der Waals surface area contributed by atoms with Crippen LogP contribution in [0.5, 0.6) is 5.75 Å². The molecule has 0 aliphatic heterocycles. The number of furan rings is 1. The summed E-state index contributed by atoms with van der Waals surface area (Å²) in [5, 5.41) is 8.59. The summed E-state index contributed by atoms with van der Waals surface area (Å²) < 4.78 is 36.5. The van der Waals surface area contributed by atoms with Crippen molar-refractivity contribution >= 4 is 17.5 Å². The number of aryl methyl sites for hydroxylation is 1. The van der Waals surface area contributed by atoms with Crippen LogP contribution in [0.15, 0.2) is 46.2 Å². The molecule has 0 aliphatic carbocycles. The number of Topliss-reactive ketones (excluding diaryl/α,β-unsaturated/α-hetero) is 1. The van der Waals surface area contributed by atoms with Crippen molar-refractivity contribution < 1.29 is 22.7 Å². The Bertz CT molecular complexity index is 910. The lowest BCUT2D eigenvalue weighted by Gasteiger charge is -2.10. The van der Waals surface area contributed by atoms with Gasteiger partial charge in [0.05, 0.1) is 17.6 Å². The molecule has 0 atom stereocenters. The zero-order chi connectivity index (χ0) is 18.7. The van der Waals surface area contributed by atoms with E-state index >= 15 is 0 Å². The first-order chi connectivity index (χ1) is 12.5. The highest BCUT2D eigenvalue weighted by Gasteiger charge is 2.19. The number of ketones is 1. The minimum atomic E-state index is -2.99. The maximum Gasteiger partial charge on any atom is 0.387 e. The van der Waals surface area contributed by atoms with Gasteiger partial charge in [-0.2, -0.15) is 8.78 Å². The van der Waals surface area contributed by atoms with E-state index in [0.29, 0.717) is 16.7 Å². The molecule has 3 rings (SSSR count). The first kappa shape index (κ1) is 18.1. The minimum absolute atomic E-state index is 0.00712. The summed E-state index contributed by atoms with van der Waals surface area (Å²) in [6, 6.07) is 8.01. The molecule has 9 heteroatoms. The zero-order valence-corrected chi connectivity index (χ0v) is 14.8. The van der Waals surface area contributed by atoms with Crippen LogP contribution in [0.4, 0.5) is 8.78 Å². The Morgan fingerprint density at radius 3 is 2.85 bits per heavy atom. The summed E-state index contributed by atoms with van der Waals surface area (Å²) in [5.41, 5.74) is 0.893. The van der Waals surface area contributed by atoms with Crippen LogP contribution in [-0.4, -0.2) is 32.9 Å². The highest BCUT2D eigenvalue weighted by Crippen LogP contribution is 2.27. The van der Waals surface area contributed by atoms with Crippen molar-refractivity contribution in [3.05, 3.63) is 47.7 Å². The average Bonchev–Trinajstić information content (AvgIpc) is 3.23. The summed E-state index contributed by atoms with van der Waals surface area (Å²) in [5.74, 6) is 0.627. The van der Waals surface area contributed by atoms with Gasteiger partial charge in [0.1, 0.15) is 5.75 Å². The molecule has 2 aromatic heterocycles. The predicted octanol–water partition coefficient (Wildman–Crippen LogP) is 3.96. The van der Waals surface area contributed by atoms with E-state index in [1.807, 2.05) is 0 Å². The molecule has 0 aliphatic rings. The third-order valence-electron chi connectivity index (χ3n) is 3.56. The molecule has 136 valence electrons. The second kappa shape index (κ2) is 7.69. The fraction of sp³-hybridized carbons (Fsp3) is 0.235. The molecular weight excluding hydrogens is 364 g/mol. The Morgan fingerprint density at radius 2 is 2.15 bits per heavy atom. The molecule has 0 unspecified atom stereocenters. The molecule has 0 saturated carbocycles. The van der Waals surface area contributed by atoms with Crippen LogP contribution in [0.1, 0.15) is 15.9 Å². The Labute approximate surface area is 152 Å². The minimum Gasteiger partial charge on any atom is -0.461 e. The molecule has 0 spiro atoms. The van der Waals surface area contributed by atoms with Crippen molar-refractivity contribution in [1.82, 2.24) is 14.8 Å². The van der Waals surface area contributed by atoms with Gasteiger partial charge in [-0.05, 0) is 31.2 Å². The van der Waals surface area contributed by atoms with E-state index in [9.17, 15) is 13.6 Å². The lowest BCUT2D eigenvalue weighted by Crippen LogP contribution is -2.10. The average molecular weight is 379 g/mol. The smallest absolute Gasteiger partial charge is 0.387 e. The lowest BCUT2D eigenvalue weighted by molar-refractivity contribution is -0.0501. The topological polar surface area (TPSA) is 70.2 Å². The monoisotopic (exact) mass is 379 g/mol. The maximum atomic E-state index is 12.5. The van der Waals surface area contributed by atoms with Crippen molar-refractivity contribution in [2.45, 2.75) is 18.7 Å². The van der Waals surface area contributed by atoms with Crippen LogP contribution >= 0.6 is 11.8 Å². The number of ether oxygens (including phenoxy) is 1. The number of hydrogen-bond donors (Lipinski definition) is 0. The standard InChI is InChI=1S/C17H15F2N3O3S/c1-10-5-6-13(25-16(18)19)11(8-10)12(23)9-26-17-21-20-15(22(17)2)14-4-3-7-24-14/h3-8,16H,9H2,1-2H3. The predicted molar refractivity (Wildman–Crippen MR) is 91.6 cm³/mol. The summed E-state index contributed by atoms with van der Waals surface area (Å²) in [7, 11) is 1.75. The third-order valence-corrected chi connectivity index (χ3v) is 4.58. The van der Waals surface area contributed by atoms with Gasteiger partial charge < -0.3 is 13.7 Å². The van der Waals surface area contributed by atoms with Gasteiger partial charge in [-0.1, -0.05) is 23.4 Å². The van der Waals surface area contributed by atoms with Crippen LogP contribution in [0.3, 0.4) is 0 Å². The first-order valence-corrected chi connectivity index (χ1v) is 8.59. The number of carbonyl (C=O) groups excluding carboxylic acids is 1. The van der Waals surface area contributed by atoms with E-state index in [1.165, 1.54) is 18.4 Å². The van der Waals surface area contributed by atoms with Crippen molar-refractivity contribution in [3.8, 4) is 17.3 Å². The molecule has 26 heavy (non-hydrogen) atoms. The second-order valence-electron chi connectivity index (χ2n) is 5.43. The quantitative estimate of drug-likeness (QED) is 0.457. The molecule has 0 fully saturated rings. The molecule has 6 nitrogen and oxygen atoms in total. The van der Waals surface area contributed by atoms with Crippen molar-refractivity contribution in [2.75, 3.05) is 5.75 Å². The molecule has 0 radical (unpaired) electrons. The van der Waals surface area contributed by atoms with Crippen molar-refractivity contribution in [1.29, 1.82) is 0 Å². The number of nitrogens with zero attached hydrogens (tertiary/aromatic N) is 3. The number of aromatic nitrogens is 3. The number of alkyl halides is 2. The largest absolute Gasteiger partial charge is 0.461 e. The highest BCUT2D eigenvalue weighted by atomic mass is 32.2. The third kappa shape index (κ3) is 3.93. The van der Waals surface area contributed by atoms with Crippen LogP contribution in [0.2, 0.25) is 0 Å². The van der Waals surface area contributed by atoms with Gasteiger partial charge in [-0.25, -0.2) is 0 Å². The molecule has 3 aromatic rings. The van der Waals surface area contributed by atoms with Gasteiger partial charge in [-0.3, -0.25) is 4.79 Å². The molecular formula is C17H15F2N3O3S. The summed E-state index contributed by atoms with van der Waals surface area (Å²) in [6.07, 6.45) is 1.53. The number of rotatable bonds is 7. The van der Waals surface area contributed by atoms with E-state index in [2.05, 4.69) is 14.9 Å². The number of benzene rings is 1. The fourth-order valence-electron chi connectivity index (χ4n) is 2.33. The van der Waals surface area contributed by atoms with E-state index in [4.69, 9.17) is 4.42 Å². The van der Waals surface area contributed by atoms with Gasteiger partial charge in [0.25, 0.3) is 0 Å².